The molecule has 2 heterocycles. The van der Waals surface area contributed by atoms with E-state index in [1.165, 1.54) is 81.9 Å². The molecule has 6 aliphatic carbocycles. The van der Waals surface area contributed by atoms with Gasteiger partial charge in [0.2, 0.25) is 0 Å². The molecule has 8 aliphatic rings. The van der Waals surface area contributed by atoms with Crippen LogP contribution in [0.25, 0.3) is 0 Å². The zero-order valence-electron chi connectivity index (χ0n) is 31.2. The Labute approximate surface area is 291 Å². The SMILES string of the molecule is C=C(C)[C@@H]1CC[C@]2(NCCN3C[C@@H]4C[C@H]3CO4)CC[C@]3(C)[C@H](CC[C@@H]4[C@@]5(C)CC=C(C6=CC[C@H](C(=O)O)CC6)C(C)(C)[C@@H]5CC[C@]43C)[C@@H]12. The zero-order chi connectivity index (χ0) is 33.9. The van der Waals surface area contributed by atoms with Gasteiger partial charge in [0, 0.05) is 31.2 Å². The monoisotopic (exact) mass is 659 g/mol. The Kier molecular flexibility index (Phi) is 8.10. The number of ether oxygens (including phenoxy) is 1. The van der Waals surface area contributed by atoms with Gasteiger partial charge in [0.05, 0.1) is 18.6 Å². The first-order valence-electron chi connectivity index (χ1n) is 20.1. The summed E-state index contributed by atoms with van der Waals surface area (Å²) in [5.74, 6) is 2.70. The molecule has 0 aromatic carbocycles. The molecule has 12 atom stereocenters. The zero-order valence-corrected chi connectivity index (χ0v) is 31.2. The summed E-state index contributed by atoms with van der Waals surface area (Å²) in [5, 5.41) is 14.0. The Morgan fingerprint density at radius 3 is 2.48 bits per heavy atom. The molecule has 48 heavy (non-hydrogen) atoms. The van der Waals surface area contributed by atoms with Crippen molar-refractivity contribution < 1.29 is 14.6 Å². The highest BCUT2D eigenvalue weighted by Crippen LogP contribution is 2.76. The van der Waals surface area contributed by atoms with Crippen molar-refractivity contribution >= 4 is 5.97 Å². The second kappa shape index (κ2) is 11.5. The molecule has 6 fully saturated rings. The van der Waals surface area contributed by atoms with Gasteiger partial charge in [-0.2, -0.15) is 0 Å². The summed E-state index contributed by atoms with van der Waals surface area (Å²) in [6.07, 6.45) is 21.0. The van der Waals surface area contributed by atoms with Crippen LogP contribution in [0.1, 0.15) is 125 Å². The van der Waals surface area contributed by atoms with E-state index >= 15 is 0 Å². The van der Waals surface area contributed by atoms with Crippen molar-refractivity contribution in [1.82, 2.24) is 10.2 Å². The number of likely N-dealkylation sites (tertiary alicyclic amines) is 1. The lowest BCUT2D eigenvalue weighted by Gasteiger charge is -2.72. The smallest absolute Gasteiger partial charge is 0.306 e. The molecule has 0 aromatic heterocycles. The van der Waals surface area contributed by atoms with Crippen molar-refractivity contribution in [2.24, 2.45) is 57.2 Å². The molecule has 0 radical (unpaired) electrons. The van der Waals surface area contributed by atoms with E-state index in [0.717, 1.165) is 44.4 Å². The molecule has 2 N–H and O–H groups in total. The van der Waals surface area contributed by atoms with Crippen LogP contribution >= 0.6 is 0 Å². The lowest BCUT2D eigenvalue weighted by atomic mass is 9.33. The number of aliphatic carboxylic acids is 1. The molecule has 5 nitrogen and oxygen atoms in total. The minimum absolute atomic E-state index is 0.122. The normalized spacial score (nSPS) is 49.3. The number of morpholine rings is 1. The van der Waals surface area contributed by atoms with Gasteiger partial charge in [0.25, 0.3) is 0 Å². The maximum absolute atomic E-state index is 11.7. The van der Waals surface area contributed by atoms with Gasteiger partial charge in [-0.25, -0.2) is 0 Å². The Balaban J connectivity index is 1.05. The number of allylic oxidation sites excluding steroid dienone is 5. The number of carboxylic acid groups (broad SMARTS) is 1. The van der Waals surface area contributed by atoms with Gasteiger partial charge < -0.3 is 15.2 Å². The van der Waals surface area contributed by atoms with Gasteiger partial charge in [0.1, 0.15) is 0 Å². The van der Waals surface area contributed by atoms with Crippen LogP contribution in [0, 0.1) is 57.2 Å². The fourth-order valence-electron chi connectivity index (χ4n) is 15.1. The molecule has 0 amide bonds. The number of hydrogen-bond acceptors (Lipinski definition) is 4. The predicted molar refractivity (Wildman–Crippen MR) is 194 cm³/mol. The molecule has 2 bridgehead atoms. The van der Waals surface area contributed by atoms with Crippen LogP contribution in [0.2, 0.25) is 0 Å². The lowest BCUT2D eigenvalue weighted by molar-refractivity contribution is -0.221. The van der Waals surface area contributed by atoms with Crippen molar-refractivity contribution in [3.05, 3.63) is 35.5 Å². The fraction of sp³-hybridized carbons (Fsp3) is 0.837. The van der Waals surface area contributed by atoms with Crippen molar-refractivity contribution in [2.45, 2.75) is 143 Å². The second-order valence-corrected chi connectivity index (χ2v) is 19.7. The Morgan fingerprint density at radius 2 is 1.81 bits per heavy atom. The average molecular weight is 659 g/mol. The first-order valence-corrected chi connectivity index (χ1v) is 20.1. The van der Waals surface area contributed by atoms with E-state index in [1.54, 1.807) is 5.57 Å². The molecule has 5 heteroatoms. The van der Waals surface area contributed by atoms with Gasteiger partial charge in [-0.15, -0.1) is 0 Å². The minimum atomic E-state index is -0.627. The molecule has 266 valence electrons. The van der Waals surface area contributed by atoms with E-state index in [2.05, 4.69) is 70.5 Å². The number of nitrogens with one attached hydrogen (secondary N) is 1. The standard InChI is InChI=1S/C43H66N2O3/c1-27(2)32-14-19-43(44-22-23-45-25-31-24-30(45)26-48-31)21-20-41(6)34(37(32)43)12-13-36-40(5)17-15-33(28-8-10-29(11-9-28)38(46)47)39(3,4)35(40)16-18-42(36,41)7/h8,15,29-32,34-37,44H,1,9-14,16-26H2,2-7H3,(H,46,47)/t29-,30-,31-,32-,34+,35-,36+,37+,40-,41+,42+,43-/m0/s1. The summed E-state index contributed by atoms with van der Waals surface area (Å²) in [6.45, 7) is 24.6. The van der Waals surface area contributed by atoms with Crippen LogP contribution in [-0.4, -0.2) is 59.9 Å². The lowest BCUT2D eigenvalue weighted by Crippen LogP contribution is -2.68. The van der Waals surface area contributed by atoms with Gasteiger partial charge in [-0.05, 0) is 153 Å². The van der Waals surface area contributed by atoms with Gasteiger partial charge in [-0.3, -0.25) is 9.69 Å². The first kappa shape index (κ1) is 33.7. The van der Waals surface area contributed by atoms with Crippen LogP contribution in [-0.2, 0) is 9.53 Å². The molecule has 4 saturated carbocycles. The van der Waals surface area contributed by atoms with E-state index in [1.807, 2.05) is 0 Å². The molecule has 0 spiro atoms. The van der Waals surface area contributed by atoms with Crippen molar-refractivity contribution in [2.75, 3.05) is 26.2 Å². The Morgan fingerprint density at radius 1 is 1.00 bits per heavy atom. The summed E-state index contributed by atoms with van der Waals surface area (Å²) in [7, 11) is 0. The topological polar surface area (TPSA) is 61.8 Å². The van der Waals surface area contributed by atoms with E-state index in [-0.39, 0.29) is 16.9 Å². The van der Waals surface area contributed by atoms with E-state index in [9.17, 15) is 9.90 Å². The third kappa shape index (κ3) is 4.74. The highest BCUT2D eigenvalue weighted by molar-refractivity contribution is 5.70. The summed E-state index contributed by atoms with van der Waals surface area (Å²) >= 11 is 0. The van der Waals surface area contributed by atoms with Gasteiger partial charge >= 0.3 is 5.97 Å². The minimum Gasteiger partial charge on any atom is -0.481 e. The Hall–Kier alpha value is -1.43. The molecule has 0 unspecified atom stereocenters. The van der Waals surface area contributed by atoms with E-state index in [4.69, 9.17) is 4.74 Å². The van der Waals surface area contributed by atoms with Crippen molar-refractivity contribution in [3.63, 3.8) is 0 Å². The van der Waals surface area contributed by atoms with E-state index in [0.29, 0.717) is 52.6 Å². The van der Waals surface area contributed by atoms with Crippen LogP contribution < -0.4 is 5.32 Å². The first-order chi connectivity index (χ1) is 22.7. The number of rotatable bonds is 7. The van der Waals surface area contributed by atoms with Crippen LogP contribution in [0.4, 0.5) is 0 Å². The maximum Gasteiger partial charge on any atom is 0.306 e. The number of nitrogens with zero attached hydrogens (tertiary/aromatic N) is 1. The molecule has 8 rings (SSSR count). The third-order valence-electron chi connectivity index (χ3n) is 17.6. The number of carbonyl (C=O) groups is 1. The number of hydrogen-bond donors (Lipinski definition) is 2. The number of fused-ring (bicyclic) bond motifs is 9. The van der Waals surface area contributed by atoms with Crippen LogP contribution in [0.15, 0.2) is 35.5 Å². The van der Waals surface area contributed by atoms with Gasteiger partial charge in [-0.1, -0.05) is 58.9 Å². The molecule has 0 aromatic rings. The maximum atomic E-state index is 11.7. The summed E-state index contributed by atoms with van der Waals surface area (Å²) in [6, 6.07) is 0.651. The highest BCUT2D eigenvalue weighted by Gasteiger charge is 2.70. The third-order valence-corrected chi connectivity index (χ3v) is 17.6. The van der Waals surface area contributed by atoms with Gasteiger partial charge in [0.15, 0.2) is 0 Å². The quantitative estimate of drug-likeness (QED) is 0.268. The van der Waals surface area contributed by atoms with Crippen LogP contribution in [0.3, 0.4) is 0 Å². The second-order valence-electron chi connectivity index (χ2n) is 19.7. The van der Waals surface area contributed by atoms with Crippen LogP contribution in [0.5, 0.6) is 0 Å². The van der Waals surface area contributed by atoms with E-state index < -0.39 is 5.97 Å². The summed E-state index contributed by atoms with van der Waals surface area (Å²) in [5.41, 5.74) is 5.85. The highest BCUT2D eigenvalue weighted by atomic mass is 16.5. The largest absolute Gasteiger partial charge is 0.481 e. The van der Waals surface area contributed by atoms with Crippen molar-refractivity contribution in [1.29, 1.82) is 0 Å². The number of carboxylic acids is 1. The molecular weight excluding hydrogens is 592 g/mol. The predicted octanol–water partition coefficient (Wildman–Crippen LogP) is 8.81. The van der Waals surface area contributed by atoms with Crippen molar-refractivity contribution in [3.8, 4) is 0 Å². The molecular formula is C43H66N2O3. The molecule has 2 aliphatic heterocycles. The Bertz CT molecular complexity index is 1400. The summed E-state index contributed by atoms with van der Waals surface area (Å²) < 4.78 is 5.91. The average Bonchev–Trinajstić information content (AvgIpc) is 3.76. The molecule has 2 saturated heterocycles. The fourth-order valence-corrected chi connectivity index (χ4v) is 15.1. The summed E-state index contributed by atoms with van der Waals surface area (Å²) in [4.78, 5) is 14.4.